The van der Waals surface area contributed by atoms with Crippen molar-refractivity contribution >= 4 is 0 Å². The smallest absolute Gasteiger partial charge is 0.0917 e. The van der Waals surface area contributed by atoms with E-state index in [9.17, 15) is 5.11 Å². The molecule has 2 aromatic rings. The van der Waals surface area contributed by atoms with E-state index < -0.39 is 6.10 Å². The molecule has 0 bridgehead atoms. The van der Waals surface area contributed by atoms with Gasteiger partial charge in [0.15, 0.2) is 0 Å². The SMILES string of the molecule is CCCN(Cc1ccc(C)cc1C)CC(O)c1ccccc1. The first kappa shape index (κ1) is 16.7. The molecule has 0 aliphatic heterocycles. The van der Waals surface area contributed by atoms with Gasteiger partial charge in [-0.15, -0.1) is 0 Å². The molecule has 118 valence electrons. The molecule has 22 heavy (non-hydrogen) atoms. The largest absolute Gasteiger partial charge is 0.387 e. The van der Waals surface area contributed by atoms with Gasteiger partial charge in [0.05, 0.1) is 6.10 Å². The average molecular weight is 297 g/mol. The molecule has 0 aliphatic rings. The van der Waals surface area contributed by atoms with Gasteiger partial charge in [-0.1, -0.05) is 61.0 Å². The van der Waals surface area contributed by atoms with Crippen LogP contribution in [0, 0.1) is 13.8 Å². The van der Waals surface area contributed by atoms with Gasteiger partial charge in [-0.2, -0.15) is 0 Å². The molecule has 0 fully saturated rings. The number of hydrogen-bond acceptors (Lipinski definition) is 2. The lowest BCUT2D eigenvalue weighted by atomic mass is 10.0. The highest BCUT2D eigenvalue weighted by Crippen LogP contribution is 2.18. The standard InChI is InChI=1S/C20H27NO/c1-4-12-21(14-19-11-10-16(2)13-17(19)3)15-20(22)18-8-6-5-7-9-18/h5-11,13,20,22H,4,12,14-15H2,1-3H3. The van der Waals surface area contributed by atoms with E-state index in [0.29, 0.717) is 6.54 Å². The summed E-state index contributed by atoms with van der Waals surface area (Å²) in [5.74, 6) is 0. The molecule has 1 unspecified atom stereocenters. The molecule has 0 radical (unpaired) electrons. The van der Waals surface area contributed by atoms with Gasteiger partial charge in [0.2, 0.25) is 0 Å². The third-order valence-electron chi connectivity index (χ3n) is 4.05. The molecule has 2 rings (SSSR count). The summed E-state index contributed by atoms with van der Waals surface area (Å²) in [4.78, 5) is 2.34. The van der Waals surface area contributed by atoms with Crippen LogP contribution in [0.5, 0.6) is 0 Å². The van der Waals surface area contributed by atoms with Gasteiger partial charge in [-0.05, 0) is 43.5 Å². The van der Waals surface area contributed by atoms with E-state index in [1.54, 1.807) is 0 Å². The third-order valence-corrected chi connectivity index (χ3v) is 4.05. The molecular formula is C20H27NO. The quantitative estimate of drug-likeness (QED) is 0.826. The molecule has 0 amide bonds. The van der Waals surface area contributed by atoms with E-state index in [4.69, 9.17) is 0 Å². The molecule has 2 aromatic carbocycles. The number of aliphatic hydroxyl groups excluding tert-OH is 1. The van der Waals surface area contributed by atoms with Crippen molar-refractivity contribution in [3.8, 4) is 0 Å². The van der Waals surface area contributed by atoms with Gasteiger partial charge >= 0.3 is 0 Å². The Bertz CT molecular complexity index is 580. The monoisotopic (exact) mass is 297 g/mol. The van der Waals surface area contributed by atoms with Crippen LogP contribution in [0.15, 0.2) is 48.5 Å². The second-order valence-electron chi connectivity index (χ2n) is 6.09. The first-order valence-electron chi connectivity index (χ1n) is 8.11. The summed E-state index contributed by atoms with van der Waals surface area (Å²) in [5, 5.41) is 10.5. The predicted octanol–water partition coefficient (Wildman–Crippen LogP) is 4.25. The average Bonchev–Trinajstić information content (AvgIpc) is 2.51. The van der Waals surface area contributed by atoms with Gasteiger partial charge in [0, 0.05) is 13.1 Å². The van der Waals surface area contributed by atoms with E-state index in [1.807, 2.05) is 30.3 Å². The topological polar surface area (TPSA) is 23.5 Å². The van der Waals surface area contributed by atoms with Gasteiger partial charge in [0.1, 0.15) is 0 Å². The molecular weight excluding hydrogens is 270 g/mol. The summed E-state index contributed by atoms with van der Waals surface area (Å²) < 4.78 is 0. The van der Waals surface area contributed by atoms with E-state index in [1.165, 1.54) is 16.7 Å². The first-order chi connectivity index (χ1) is 10.6. The summed E-state index contributed by atoms with van der Waals surface area (Å²) in [6.45, 7) is 9.04. The van der Waals surface area contributed by atoms with Crippen LogP contribution >= 0.6 is 0 Å². The minimum absolute atomic E-state index is 0.432. The Morgan fingerprint density at radius 2 is 1.77 bits per heavy atom. The zero-order valence-electron chi connectivity index (χ0n) is 13.9. The van der Waals surface area contributed by atoms with Gasteiger partial charge in [0.25, 0.3) is 0 Å². The summed E-state index contributed by atoms with van der Waals surface area (Å²) in [5.41, 5.74) is 4.96. The Morgan fingerprint density at radius 1 is 1.05 bits per heavy atom. The van der Waals surface area contributed by atoms with Crippen LogP contribution in [0.2, 0.25) is 0 Å². The fourth-order valence-corrected chi connectivity index (χ4v) is 2.84. The maximum Gasteiger partial charge on any atom is 0.0917 e. The first-order valence-corrected chi connectivity index (χ1v) is 8.11. The minimum atomic E-state index is -0.432. The second kappa shape index (κ2) is 8.11. The van der Waals surface area contributed by atoms with Crippen LogP contribution < -0.4 is 0 Å². The lowest BCUT2D eigenvalue weighted by Gasteiger charge is -2.25. The molecule has 2 nitrogen and oxygen atoms in total. The fraction of sp³-hybridized carbons (Fsp3) is 0.400. The van der Waals surface area contributed by atoms with Crippen molar-refractivity contribution in [1.29, 1.82) is 0 Å². The molecule has 0 saturated heterocycles. The molecule has 0 aliphatic carbocycles. The lowest BCUT2D eigenvalue weighted by molar-refractivity contribution is 0.109. The molecule has 2 heteroatoms. The van der Waals surface area contributed by atoms with Crippen LogP contribution in [-0.2, 0) is 6.54 Å². The maximum absolute atomic E-state index is 10.5. The van der Waals surface area contributed by atoms with E-state index in [-0.39, 0.29) is 0 Å². The highest BCUT2D eigenvalue weighted by molar-refractivity contribution is 5.30. The van der Waals surface area contributed by atoms with Gasteiger partial charge in [-0.25, -0.2) is 0 Å². The predicted molar refractivity (Wildman–Crippen MR) is 92.9 cm³/mol. The molecule has 0 spiro atoms. The Labute approximate surface area is 134 Å². The number of benzene rings is 2. The summed E-state index contributed by atoms with van der Waals surface area (Å²) in [6.07, 6.45) is 0.658. The van der Waals surface area contributed by atoms with E-state index in [0.717, 1.165) is 25.1 Å². The van der Waals surface area contributed by atoms with Crippen molar-refractivity contribution in [3.63, 3.8) is 0 Å². The molecule has 1 atom stereocenters. The molecule has 0 aromatic heterocycles. The number of nitrogens with zero attached hydrogens (tertiary/aromatic N) is 1. The summed E-state index contributed by atoms with van der Waals surface area (Å²) >= 11 is 0. The van der Waals surface area contributed by atoms with Crippen LogP contribution in [-0.4, -0.2) is 23.1 Å². The zero-order chi connectivity index (χ0) is 15.9. The van der Waals surface area contributed by atoms with Crippen LogP contribution in [0.3, 0.4) is 0 Å². The Kier molecular flexibility index (Phi) is 6.17. The number of rotatable bonds is 7. The summed E-state index contributed by atoms with van der Waals surface area (Å²) in [7, 11) is 0. The van der Waals surface area contributed by atoms with Crippen molar-refractivity contribution in [2.24, 2.45) is 0 Å². The maximum atomic E-state index is 10.5. The van der Waals surface area contributed by atoms with Crippen molar-refractivity contribution in [3.05, 3.63) is 70.8 Å². The highest BCUT2D eigenvalue weighted by atomic mass is 16.3. The molecule has 1 N–H and O–H groups in total. The van der Waals surface area contributed by atoms with Crippen LogP contribution in [0.4, 0.5) is 0 Å². The Hall–Kier alpha value is -1.64. The number of aliphatic hydroxyl groups is 1. The van der Waals surface area contributed by atoms with Crippen molar-refractivity contribution in [2.45, 2.75) is 39.8 Å². The highest BCUT2D eigenvalue weighted by Gasteiger charge is 2.14. The Balaban J connectivity index is 2.06. The third kappa shape index (κ3) is 4.69. The van der Waals surface area contributed by atoms with Crippen molar-refractivity contribution < 1.29 is 5.11 Å². The number of hydrogen-bond donors (Lipinski definition) is 1. The van der Waals surface area contributed by atoms with Gasteiger partial charge < -0.3 is 5.11 Å². The molecule has 0 saturated carbocycles. The van der Waals surface area contributed by atoms with Crippen molar-refractivity contribution in [2.75, 3.05) is 13.1 Å². The lowest BCUT2D eigenvalue weighted by Crippen LogP contribution is -2.29. The normalized spacial score (nSPS) is 12.6. The zero-order valence-corrected chi connectivity index (χ0v) is 13.9. The fourth-order valence-electron chi connectivity index (χ4n) is 2.84. The van der Waals surface area contributed by atoms with Crippen molar-refractivity contribution in [1.82, 2.24) is 4.90 Å². The Morgan fingerprint density at radius 3 is 2.41 bits per heavy atom. The second-order valence-corrected chi connectivity index (χ2v) is 6.09. The minimum Gasteiger partial charge on any atom is -0.387 e. The van der Waals surface area contributed by atoms with Crippen LogP contribution in [0.1, 0.15) is 41.7 Å². The van der Waals surface area contributed by atoms with E-state index >= 15 is 0 Å². The van der Waals surface area contributed by atoms with Gasteiger partial charge in [-0.3, -0.25) is 4.90 Å². The van der Waals surface area contributed by atoms with Crippen LogP contribution in [0.25, 0.3) is 0 Å². The molecule has 0 heterocycles. The summed E-state index contributed by atoms with van der Waals surface area (Å²) in [6, 6.07) is 16.5. The van der Waals surface area contributed by atoms with E-state index in [2.05, 4.69) is 43.9 Å². The number of aryl methyl sites for hydroxylation is 2.